The van der Waals surface area contributed by atoms with Crippen molar-refractivity contribution in [3.05, 3.63) is 47.9 Å². The first-order chi connectivity index (χ1) is 8.69. The number of nitrogens with two attached hydrogens (primary N) is 1. The molecule has 0 saturated carbocycles. The highest BCUT2D eigenvalue weighted by Gasteiger charge is 2.09. The van der Waals surface area contributed by atoms with Crippen molar-refractivity contribution in [1.29, 1.82) is 0 Å². The van der Waals surface area contributed by atoms with Crippen LogP contribution in [0.1, 0.15) is 16.3 Å². The number of phenolic OH excluding ortho intramolecular Hbond substituents is 1. The maximum absolute atomic E-state index is 11.2. The van der Waals surface area contributed by atoms with Gasteiger partial charge in [-0.25, -0.2) is 5.84 Å². The summed E-state index contributed by atoms with van der Waals surface area (Å²) in [5.74, 6) is 6.20. The minimum Gasteiger partial charge on any atom is -0.508 e. The molecule has 1 amide bonds. The summed E-state index contributed by atoms with van der Waals surface area (Å²) in [7, 11) is 0. The second-order valence-corrected chi connectivity index (χ2v) is 4.57. The number of nitrogens with one attached hydrogen (secondary N) is 1. The molecule has 0 atom stereocenters. The minimum atomic E-state index is -0.455. The van der Waals surface area contributed by atoms with Gasteiger partial charge >= 0.3 is 5.91 Å². The van der Waals surface area contributed by atoms with E-state index < -0.39 is 5.91 Å². The average molecular weight is 264 g/mol. The van der Waals surface area contributed by atoms with Crippen molar-refractivity contribution < 1.29 is 14.3 Å². The zero-order chi connectivity index (χ0) is 13.0. The predicted octanol–water partition coefficient (Wildman–Crippen LogP) is 1.88. The summed E-state index contributed by atoms with van der Waals surface area (Å²) in [4.78, 5) is 12.1. The lowest BCUT2D eigenvalue weighted by Gasteiger charge is -2.00. The van der Waals surface area contributed by atoms with Crippen molar-refractivity contribution in [2.45, 2.75) is 10.6 Å². The molecule has 1 heterocycles. The van der Waals surface area contributed by atoms with E-state index >= 15 is 0 Å². The van der Waals surface area contributed by atoms with Gasteiger partial charge in [-0.15, -0.1) is 11.8 Å². The molecular formula is C12H12N2O3S. The van der Waals surface area contributed by atoms with Crippen LogP contribution in [0.4, 0.5) is 0 Å². The predicted molar refractivity (Wildman–Crippen MR) is 68.0 cm³/mol. The van der Waals surface area contributed by atoms with Crippen LogP contribution in [-0.4, -0.2) is 11.0 Å². The van der Waals surface area contributed by atoms with E-state index in [-0.39, 0.29) is 11.5 Å². The number of carbonyl (C=O) groups is 1. The lowest BCUT2D eigenvalue weighted by atomic mass is 10.3. The number of aromatic hydroxyl groups is 1. The summed E-state index contributed by atoms with van der Waals surface area (Å²) in [5, 5.41) is 9.32. The van der Waals surface area contributed by atoms with E-state index in [4.69, 9.17) is 10.3 Å². The van der Waals surface area contributed by atoms with E-state index in [0.717, 1.165) is 4.90 Å². The van der Waals surface area contributed by atoms with E-state index in [1.165, 1.54) is 11.8 Å². The molecule has 0 saturated heterocycles. The second kappa shape index (κ2) is 5.61. The molecule has 5 nitrogen and oxygen atoms in total. The van der Waals surface area contributed by atoms with E-state index in [1.54, 1.807) is 30.3 Å². The van der Waals surface area contributed by atoms with Crippen molar-refractivity contribution >= 4 is 17.7 Å². The number of rotatable bonds is 4. The molecule has 0 aliphatic carbocycles. The van der Waals surface area contributed by atoms with Crippen LogP contribution in [0.2, 0.25) is 0 Å². The molecule has 0 fully saturated rings. The van der Waals surface area contributed by atoms with Gasteiger partial charge in [-0.05, 0) is 30.3 Å². The molecule has 4 N–H and O–H groups in total. The fourth-order valence-electron chi connectivity index (χ4n) is 1.38. The first kappa shape index (κ1) is 12.5. The standard InChI is InChI=1S/C12H12N2O3S/c13-14-12(16)11-5-4-9(17-11)7-18-10-3-1-2-8(15)6-10/h1-6,15H,7,13H2,(H,14,16). The van der Waals surface area contributed by atoms with E-state index in [2.05, 4.69) is 0 Å². The second-order valence-electron chi connectivity index (χ2n) is 3.53. The summed E-state index contributed by atoms with van der Waals surface area (Å²) in [6.07, 6.45) is 0. The van der Waals surface area contributed by atoms with Crippen molar-refractivity contribution in [2.75, 3.05) is 0 Å². The fraction of sp³-hybridized carbons (Fsp3) is 0.0833. The Balaban J connectivity index is 1.98. The quantitative estimate of drug-likeness (QED) is 0.339. The molecule has 0 aliphatic heterocycles. The van der Waals surface area contributed by atoms with Crippen LogP contribution in [0.5, 0.6) is 5.75 Å². The monoisotopic (exact) mass is 264 g/mol. The molecule has 18 heavy (non-hydrogen) atoms. The number of nitrogen functional groups attached to an aromatic ring is 1. The normalized spacial score (nSPS) is 10.3. The molecule has 2 aromatic rings. The Morgan fingerprint density at radius 2 is 2.22 bits per heavy atom. The molecule has 2 rings (SSSR count). The minimum absolute atomic E-state index is 0.184. The average Bonchev–Trinajstić information content (AvgIpc) is 2.84. The summed E-state index contributed by atoms with van der Waals surface area (Å²) in [6, 6.07) is 10.2. The zero-order valence-electron chi connectivity index (χ0n) is 9.42. The third-order valence-electron chi connectivity index (χ3n) is 2.22. The molecule has 94 valence electrons. The number of hydrogen-bond donors (Lipinski definition) is 3. The lowest BCUT2D eigenvalue weighted by molar-refractivity contribution is 0.0924. The van der Waals surface area contributed by atoms with E-state index in [9.17, 15) is 9.90 Å². The Hall–Kier alpha value is -1.92. The van der Waals surface area contributed by atoms with Gasteiger partial charge < -0.3 is 9.52 Å². The van der Waals surface area contributed by atoms with Gasteiger partial charge in [0, 0.05) is 4.90 Å². The fourth-order valence-corrected chi connectivity index (χ4v) is 2.22. The highest BCUT2D eigenvalue weighted by atomic mass is 32.2. The van der Waals surface area contributed by atoms with E-state index in [0.29, 0.717) is 11.5 Å². The highest BCUT2D eigenvalue weighted by Crippen LogP contribution is 2.26. The molecule has 1 aromatic heterocycles. The van der Waals surface area contributed by atoms with Crippen LogP contribution in [-0.2, 0) is 5.75 Å². The maximum Gasteiger partial charge on any atom is 0.300 e. The molecule has 6 heteroatoms. The summed E-state index contributed by atoms with van der Waals surface area (Å²) in [6.45, 7) is 0. The third-order valence-corrected chi connectivity index (χ3v) is 3.23. The zero-order valence-corrected chi connectivity index (χ0v) is 10.2. The first-order valence-corrected chi connectivity index (χ1v) is 6.19. The molecule has 0 bridgehead atoms. The number of thioether (sulfide) groups is 1. The Kier molecular flexibility index (Phi) is 3.91. The van der Waals surface area contributed by atoms with Gasteiger partial charge in [-0.2, -0.15) is 0 Å². The van der Waals surface area contributed by atoms with Gasteiger partial charge in [0.25, 0.3) is 0 Å². The molecule has 1 aromatic carbocycles. The Labute approximate surface area is 108 Å². The van der Waals surface area contributed by atoms with Crippen LogP contribution in [0.3, 0.4) is 0 Å². The Morgan fingerprint density at radius 1 is 1.39 bits per heavy atom. The highest BCUT2D eigenvalue weighted by molar-refractivity contribution is 7.98. The van der Waals surface area contributed by atoms with Gasteiger partial charge in [0.05, 0.1) is 5.75 Å². The number of carbonyl (C=O) groups excluding carboxylic acids is 1. The number of phenols is 1. The molecular weight excluding hydrogens is 252 g/mol. The lowest BCUT2D eigenvalue weighted by Crippen LogP contribution is -2.29. The Morgan fingerprint density at radius 3 is 2.94 bits per heavy atom. The maximum atomic E-state index is 11.2. The number of hydrazine groups is 1. The van der Waals surface area contributed by atoms with Gasteiger partial charge in [-0.3, -0.25) is 10.2 Å². The number of hydrogen-bond acceptors (Lipinski definition) is 5. The number of benzene rings is 1. The van der Waals surface area contributed by atoms with Crippen molar-refractivity contribution in [3.63, 3.8) is 0 Å². The largest absolute Gasteiger partial charge is 0.508 e. The Bertz CT molecular complexity index is 554. The number of amides is 1. The molecule has 0 unspecified atom stereocenters. The first-order valence-electron chi connectivity index (χ1n) is 5.20. The third kappa shape index (κ3) is 3.06. The summed E-state index contributed by atoms with van der Waals surface area (Å²) in [5.41, 5.74) is 2.00. The summed E-state index contributed by atoms with van der Waals surface area (Å²) < 4.78 is 5.31. The summed E-state index contributed by atoms with van der Waals surface area (Å²) >= 11 is 1.50. The smallest absolute Gasteiger partial charge is 0.300 e. The SMILES string of the molecule is NNC(=O)c1ccc(CSc2cccc(O)c2)o1. The van der Waals surface area contributed by atoms with Crippen LogP contribution in [0, 0.1) is 0 Å². The van der Waals surface area contributed by atoms with Gasteiger partial charge in [0.1, 0.15) is 11.5 Å². The van der Waals surface area contributed by atoms with Gasteiger partial charge in [0.2, 0.25) is 0 Å². The molecule has 0 spiro atoms. The van der Waals surface area contributed by atoms with Crippen LogP contribution >= 0.6 is 11.8 Å². The van der Waals surface area contributed by atoms with Crippen LogP contribution < -0.4 is 11.3 Å². The van der Waals surface area contributed by atoms with Crippen molar-refractivity contribution in [1.82, 2.24) is 5.43 Å². The van der Waals surface area contributed by atoms with Crippen LogP contribution in [0.25, 0.3) is 0 Å². The molecule has 0 aliphatic rings. The van der Waals surface area contributed by atoms with E-state index in [1.807, 2.05) is 11.5 Å². The van der Waals surface area contributed by atoms with Gasteiger partial charge in [0.15, 0.2) is 5.76 Å². The number of furan rings is 1. The van der Waals surface area contributed by atoms with Crippen LogP contribution in [0.15, 0.2) is 45.7 Å². The topological polar surface area (TPSA) is 88.5 Å². The molecule has 0 radical (unpaired) electrons. The van der Waals surface area contributed by atoms with Gasteiger partial charge in [-0.1, -0.05) is 6.07 Å². The van der Waals surface area contributed by atoms with Crippen molar-refractivity contribution in [2.24, 2.45) is 5.84 Å². The van der Waals surface area contributed by atoms with Crippen molar-refractivity contribution in [3.8, 4) is 5.75 Å².